The van der Waals surface area contributed by atoms with E-state index in [4.69, 9.17) is 0 Å². The fourth-order valence-electron chi connectivity index (χ4n) is 22.8. The van der Waals surface area contributed by atoms with Crippen LogP contribution in [0.25, 0.3) is 0 Å². The van der Waals surface area contributed by atoms with Gasteiger partial charge in [-0.1, -0.05) is 679 Å². The van der Waals surface area contributed by atoms with Crippen molar-refractivity contribution in [2.24, 2.45) is 29.6 Å². The zero-order chi connectivity index (χ0) is 95.8. The molecule has 5 atom stereocenters. The maximum absolute atomic E-state index is 4.06. The van der Waals surface area contributed by atoms with Crippen molar-refractivity contribution in [1.82, 2.24) is 0 Å². The van der Waals surface area contributed by atoms with Crippen molar-refractivity contribution in [1.29, 1.82) is 0 Å². The van der Waals surface area contributed by atoms with E-state index in [9.17, 15) is 0 Å². The molecular formula is C133H256. The zero-order valence-corrected chi connectivity index (χ0v) is 93.7. The van der Waals surface area contributed by atoms with Crippen LogP contribution in [0.15, 0.2) is 73.9 Å². The summed E-state index contributed by atoms with van der Waals surface area (Å²) in [4.78, 5) is 0. The lowest BCUT2D eigenvalue weighted by Gasteiger charge is -2.25. The van der Waals surface area contributed by atoms with E-state index in [1.165, 1.54) is 713 Å². The monoisotopic (exact) mass is 1850 g/mol. The second-order valence-electron chi connectivity index (χ2n) is 45.9. The first-order valence-corrected chi connectivity index (χ1v) is 63.6. The van der Waals surface area contributed by atoms with Crippen LogP contribution in [0.5, 0.6) is 0 Å². The Kier molecular flexibility index (Phi) is 116. The number of unbranched alkanes of at least 4 members (excludes halogenated alkanes) is 90. The average Bonchev–Trinajstić information content (AvgIpc) is 0.881. The van der Waals surface area contributed by atoms with E-state index < -0.39 is 0 Å². The second kappa shape index (κ2) is 117. The molecule has 0 aromatic carbocycles. The first kappa shape index (κ1) is 131. The highest BCUT2D eigenvalue weighted by atomic mass is 14.3. The van der Waals surface area contributed by atoms with Crippen molar-refractivity contribution in [3.63, 3.8) is 0 Å². The van der Waals surface area contributed by atoms with E-state index in [1.54, 1.807) is 0 Å². The minimum absolute atomic E-state index is 0.803. The maximum atomic E-state index is 4.06. The third-order valence-corrected chi connectivity index (χ3v) is 32.0. The van der Waals surface area contributed by atoms with Crippen molar-refractivity contribution in [2.75, 3.05) is 0 Å². The van der Waals surface area contributed by atoms with E-state index in [-0.39, 0.29) is 0 Å². The number of hydrogen-bond donors (Lipinski definition) is 0. The molecule has 0 saturated heterocycles. The summed E-state index contributed by atoms with van der Waals surface area (Å²) in [5.41, 5.74) is 4.00. The summed E-state index contributed by atoms with van der Waals surface area (Å²) < 4.78 is 0. The van der Waals surface area contributed by atoms with Gasteiger partial charge in [-0.2, -0.15) is 0 Å². The normalized spacial score (nSPS) is 13.2. The van der Waals surface area contributed by atoms with Gasteiger partial charge in [0.15, 0.2) is 0 Å². The van der Waals surface area contributed by atoms with Gasteiger partial charge in [0.2, 0.25) is 0 Å². The van der Waals surface area contributed by atoms with Gasteiger partial charge in [0, 0.05) is 0 Å². The minimum Gasteiger partial charge on any atom is -0.103 e. The molecule has 0 amide bonds. The van der Waals surface area contributed by atoms with Gasteiger partial charge < -0.3 is 0 Å². The molecular weight excluding hydrogens is 1600 g/mol. The second-order valence-corrected chi connectivity index (χ2v) is 45.9. The van der Waals surface area contributed by atoms with Gasteiger partial charge >= 0.3 is 0 Å². The summed E-state index contributed by atoms with van der Waals surface area (Å²) in [6.45, 7) is 28.3. The van der Waals surface area contributed by atoms with Crippen LogP contribution in [0.1, 0.15) is 747 Å². The fraction of sp³-hybridized carbons (Fsp3) is 0.910. The zero-order valence-electron chi connectivity index (χ0n) is 93.7. The van der Waals surface area contributed by atoms with Gasteiger partial charge in [-0.15, -0.1) is 26.3 Å². The van der Waals surface area contributed by atoms with Crippen LogP contribution in [0, 0.1) is 29.6 Å². The van der Waals surface area contributed by atoms with Gasteiger partial charge in [0.25, 0.3) is 0 Å². The van der Waals surface area contributed by atoms with Gasteiger partial charge in [-0.3, -0.25) is 0 Å². The first-order chi connectivity index (χ1) is 65.8. The van der Waals surface area contributed by atoms with Crippen LogP contribution in [0.2, 0.25) is 0 Å². The largest absolute Gasteiger partial charge is 0.103 e. The Hall–Kier alpha value is -1.56. The highest BCUT2D eigenvalue weighted by molar-refractivity contribution is 5.16. The van der Waals surface area contributed by atoms with Gasteiger partial charge in [-0.25, -0.2) is 0 Å². The van der Waals surface area contributed by atoms with Crippen LogP contribution in [0.3, 0.4) is 0 Å². The number of rotatable bonds is 121. The third kappa shape index (κ3) is 109. The highest BCUT2D eigenvalue weighted by Crippen LogP contribution is 2.37. The minimum atomic E-state index is 0.803. The molecule has 0 aliphatic heterocycles. The van der Waals surface area contributed by atoms with Crippen LogP contribution >= 0.6 is 0 Å². The topological polar surface area (TPSA) is 0 Å². The molecule has 0 fully saturated rings. The van der Waals surface area contributed by atoms with Crippen molar-refractivity contribution < 1.29 is 0 Å². The summed E-state index contributed by atoms with van der Waals surface area (Å²) in [7, 11) is 0. The Morgan fingerprint density at radius 1 is 0.165 bits per heavy atom. The van der Waals surface area contributed by atoms with Crippen LogP contribution < -0.4 is 0 Å². The van der Waals surface area contributed by atoms with Crippen LogP contribution in [0.4, 0.5) is 0 Å². The summed E-state index contributed by atoms with van der Waals surface area (Å²) >= 11 is 0. The summed E-state index contributed by atoms with van der Waals surface area (Å²) in [5, 5.41) is 0. The molecule has 0 heterocycles. The molecule has 788 valence electrons. The molecule has 0 aliphatic carbocycles. The molecule has 5 unspecified atom stereocenters. The third-order valence-electron chi connectivity index (χ3n) is 32.0. The number of allylic oxidation sites excluding steroid dienone is 8. The Morgan fingerprint density at radius 3 is 0.632 bits per heavy atom. The fourth-order valence-corrected chi connectivity index (χ4v) is 22.8. The van der Waals surface area contributed by atoms with E-state index in [2.05, 4.69) is 97.4 Å². The van der Waals surface area contributed by atoms with Crippen molar-refractivity contribution in [3.05, 3.63) is 73.9 Å². The molecule has 0 spiro atoms. The quantitative estimate of drug-likeness (QED) is 0.0421. The van der Waals surface area contributed by atoms with Crippen molar-refractivity contribution in [3.8, 4) is 0 Å². The van der Waals surface area contributed by atoms with E-state index in [0.717, 1.165) is 29.6 Å². The molecule has 0 bridgehead atoms. The SMILES string of the molecule is C=CCCCCCCCCCCCCCCCCCCCCCCCCCCCCCCCCCCCCCCC=CCC(CCCC)CCCCCCC(CCCCCCCCCCCCCCCC)CC(CCCCCCCCCCCCCCCCCCCCCCCCCCC=C)=C(CCCCCCCCCCCCCCC=C)CC(C)CCCC(C)CC(C)CCC=C. The molecule has 0 aromatic heterocycles. The van der Waals surface area contributed by atoms with Crippen molar-refractivity contribution in [2.45, 2.75) is 747 Å². The van der Waals surface area contributed by atoms with Gasteiger partial charge in [0.05, 0.1) is 0 Å². The number of hydrogen-bond acceptors (Lipinski definition) is 0. The lowest BCUT2D eigenvalue weighted by Crippen LogP contribution is -2.08. The molecule has 133 heavy (non-hydrogen) atoms. The summed E-state index contributed by atoms with van der Waals surface area (Å²) in [5.74, 6) is 4.25. The standard InChI is InChI=1S/C133H256/c1-10-16-22-26-30-34-38-42-46-48-50-52-54-56-58-59-60-61-62-63-64-65-66-67-68-69-70-71-72-73-75-77-79-81-83-86-89-93-97-101-107-118-130(117-21-15-6)119-108-105-106-110-121-131(120-109-102-98-94-90-85-44-40-36-32-28-24-18-12-3)126-133(123-112-104-100-96-92-88-84-82-80-78-76-74-57-55-53-51-49-47-43-39-35-31-27-23-17-11-2)132(125-129(9)116-113-115-128(8)124-127(7)114-20-14-5)122-111-103-99-95-91-87-45-41-37-33-29-25-19-13-4/h10-11,13-14,101,107,127-131H,1-2,4-5,12,15-100,102-106,108-126H2,3,6-9H3. The average molecular weight is 1860 g/mol. The molecule has 0 aliphatic rings. The Morgan fingerprint density at radius 2 is 0.368 bits per heavy atom. The Bertz CT molecular complexity index is 2220. The molecule has 0 saturated carbocycles. The molecule has 0 aromatic rings. The predicted octanol–water partition coefficient (Wildman–Crippen LogP) is 50.1. The van der Waals surface area contributed by atoms with Crippen LogP contribution in [-0.2, 0) is 0 Å². The smallest absolute Gasteiger partial charge is 0.0289 e. The van der Waals surface area contributed by atoms with Crippen molar-refractivity contribution >= 4 is 0 Å². The van der Waals surface area contributed by atoms with E-state index in [0.29, 0.717) is 0 Å². The molecule has 0 nitrogen and oxygen atoms in total. The maximum Gasteiger partial charge on any atom is -0.0289 e. The Labute approximate surface area is 845 Å². The van der Waals surface area contributed by atoms with Gasteiger partial charge in [0.1, 0.15) is 0 Å². The molecule has 0 N–H and O–H groups in total. The molecule has 0 rings (SSSR count). The summed E-state index contributed by atoms with van der Waals surface area (Å²) in [6, 6.07) is 0. The Balaban J connectivity index is 5.50. The van der Waals surface area contributed by atoms with E-state index in [1.807, 2.05) is 11.1 Å². The first-order valence-electron chi connectivity index (χ1n) is 63.6. The van der Waals surface area contributed by atoms with Crippen LogP contribution in [-0.4, -0.2) is 0 Å². The lowest BCUT2D eigenvalue weighted by molar-refractivity contribution is 0.356. The van der Waals surface area contributed by atoms with Gasteiger partial charge in [-0.05, 0) is 145 Å². The lowest BCUT2D eigenvalue weighted by atomic mass is 9.81. The molecule has 0 heteroatoms. The molecule has 0 radical (unpaired) electrons. The van der Waals surface area contributed by atoms with E-state index >= 15 is 0 Å². The summed E-state index contributed by atoms with van der Waals surface area (Å²) in [6.07, 6.45) is 174. The predicted molar refractivity (Wildman–Crippen MR) is 615 cm³/mol. The highest BCUT2D eigenvalue weighted by Gasteiger charge is 2.20.